The number of rotatable bonds is 1. The molecule has 0 bridgehead atoms. The summed E-state index contributed by atoms with van der Waals surface area (Å²) < 4.78 is 5.37. The van der Waals surface area contributed by atoms with Gasteiger partial charge in [0.1, 0.15) is 5.60 Å². The molecule has 0 radical (unpaired) electrons. The van der Waals surface area contributed by atoms with E-state index in [0.29, 0.717) is 17.8 Å². The lowest BCUT2D eigenvalue weighted by molar-refractivity contribution is 0.0270. The first-order valence-corrected chi connectivity index (χ1v) is 6.57. The number of aromatic nitrogens is 4. The molecule has 19 heavy (non-hydrogen) atoms. The monoisotopic (exact) mass is 265 g/mol. The second-order valence-electron chi connectivity index (χ2n) is 6.38. The van der Waals surface area contributed by atoms with Crippen LogP contribution in [0.3, 0.4) is 0 Å². The number of carbonyl (C=O) groups is 1. The van der Waals surface area contributed by atoms with Gasteiger partial charge in [0.25, 0.3) is 0 Å². The van der Waals surface area contributed by atoms with Gasteiger partial charge < -0.3 is 9.64 Å². The largest absolute Gasteiger partial charge is 0.444 e. The second-order valence-corrected chi connectivity index (χ2v) is 6.38. The first-order valence-electron chi connectivity index (χ1n) is 6.57. The number of hydrogen-bond acceptors (Lipinski definition) is 5. The fourth-order valence-electron chi connectivity index (χ4n) is 2.82. The lowest BCUT2D eigenvalue weighted by atomic mass is 10.2. The van der Waals surface area contributed by atoms with Crippen LogP contribution in [0.15, 0.2) is 0 Å². The van der Waals surface area contributed by atoms with Crippen LogP contribution in [0.5, 0.6) is 0 Å². The number of fused-ring (bicyclic) bond motifs is 1. The highest BCUT2D eigenvalue weighted by molar-refractivity contribution is 5.69. The van der Waals surface area contributed by atoms with E-state index in [0.717, 1.165) is 18.9 Å². The molecule has 1 aromatic rings. The molecule has 1 aliphatic carbocycles. The summed E-state index contributed by atoms with van der Waals surface area (Å²) in [6, 6.07) is 0. The molecular formula is C12H19N5O2. The van der Waals surface area contributed by atoms with E-state index in [9.17, 15) is 4.79 Å². The molecule has 2 fully saturated rings. The SMILES string of the molecule is Cn1nnc([C@H]2C3CN(C(=O)OC(C)(C)C)C[C@@H]32)n1. The van der Waals surface area contributed by atoms with Gasteiger partial charge in [-0.2, -0.15) is 4.80 Å². The Balaban J connectivity index is 1.57. The van der Waals surface area contributed by atoms with Gasteiger partial charge in [-0.15, -0.1) is 10.2 Å². The lowest BCUT2D eigenvalue weighted by Gasteiger charge is -2.25. The van der Waals surface area contributed by atoms with Gasteiger partial charge in [0.2, 0.25) is 0 Å². The van der Waals surface area contributed by atoms with Gasteiger partial charge in [0, 0.05) is 19.0 Å². The van der Waals surface area contributed by atoms with Gasteiger partial charge in [0.05, 0.1) is 7.05 Å². The van der Waals surface area contributed by atoms with Crippen LogP contribution in [-0.2, 0) is 11.8 Å². The zero-order valence-corrected chi connectivity index (χ0v) is 11.7. The summed E-state index contributed by atoms with van der Waals surface area (Å²) in [6.45, 7) is 7.13. The number of carbonyl (C=O) groups excluding carboxylic acids is 1. The summed E-state index contributed by atoms with van der Waals surface area (Å²) in [5.41, 5.74) is -0.435. The predicted molar refractivity (Wildman–Crippen MR) is 66.3 cm³/mol. The van der Waals surface area contributed by atoms with E-state index in [-0.39, 0.29) is 6.09 Å². The van der Waals surface area contributed by atoms with Gasteiger partial charge in [-0.3, -0.25) is 0 Å². The summed E-state index contributed by atoms with van der Waals surface area (Å²) in [5.74, 6) is 2.11. The Kier molecular flexibility index (Phi) is 2.55. The molecule has 1 saturated heterocycles. The number of nitrogens with zero attached hydrogens (tertiary/aromatic N) is 5. The van der Waals surface area contributed by atoms with Crippen molar-refractivity contribution < 1.29 is 9.53 Å². The van der Waals surface area contributed by atoms with Gasteiger partial charge in [-0.25, -0.2) is 4.79 Å². The van der Waals surface area contributed by atoms with E-state index < -0.39 is 5.60 Å². The Labute approximate surface area is 111 Å². The Bertz CT molecular complexity index is 494. The minimum absolute atomic E-state index is 0.217. The van der Waals surface area contributed by atoms with Gasteiger partial charge in [-0.05, 0) is 37.8 Å². The maximum absolute atomic E-state index is 11.9. The average molecular weight is 265 g/mol. The second kappa shape index (κ2) is 3.91. The van der Waals surface area contributed by atoms with Gasteiger partial charge in [-0.1, -0.05) is 0 Å². The first-order chi connectivity index (χ1) is 8.85. The predicted octanol–water partition coefficient (Wildman–Crippen LogP) is 0.790. The number of ether oxygens (including phenoxy) is 1. The normalized spacial score (nSPS) is 29.3. The van der Waals surface area contributed by atoms with Crippen LogP contribution < -0.4 is 0 Å². The highest BCUT2D eigenvalue weighted by Gasteiger charge is 2.59. The molecule has 1 aromatic heterocycles. The molecule has 3 rings (SSSR count). The molecule has 104 valence electrons. The molecule has 7 nitrogen and oxygen atoms in total. The smallest absolute Gasteiger partial charge is 0.410 e. The van der Waals surface area contributed by atoms with E-state index in [1.54, 1.807) is 11.9 Å². The number of likely N-dealkylation sites (tertiary alicyclic amines) is 1. The summed E-state index contributed by atoms with van der Waals surface area (Å²) >= 11 is 0. The molecule has 1 aliphatic heterocycles. The van der Waals surface area contributed by atoms with Crippen molar-refractivity contribution in [1.29, 1.82) is 0 Å². The molecule has 0 N–H and O–H groups in total. The Morgan fingerprint density at radius 2 is 1.95 bits per heavy atom. The van der Waals surface area contributed by atoms with Gasteiger partial charge in [0.15, 0.2) is 5.82 Å². The van der Waals surface area contributed by atoms with Gasteiger partial charge >= 0.3 is 6.09 Å². The van der Waals surface area contributed by atoms with Crippen LogP contribution >= 0.6 is 0 Å². The summed E-state index contributed by atoms with van der Waals surface area (Å²) in [4.78, 5) is 15.2. The molecule has 2 heterocycles. The van der Waals surface area contributed by atoms with Crippen molar-refractivity contribution in [2.24, 2.45) is 18.9 Å². The minimum atomic E-state index is -0.435. The van der Waals surface area contributed by atoms with E-state index >= 15 is 0 Å². The van der Waals surface area contributed by atoms with E-state index in [1.165, 1.54) is 4.80 Å². The number of aryl methyl sites for hydroxylation is 1. The Morgan fingerprint density at radius 1 is 1.32 bits per heavy atom. The number of hydrogen-bond donors (Lipinski definition) is 0. The molecule has 0 spiro atoms. The summed E-state index contributed by atoms with van der Waals surface area (Å²) in [5, 5.41) is 12.2. The Hall–Kier alpha value is -1.66. The molecule has 7 heteroatoms. The van der Waals surface area contributed by atoms with Crippen molar-refractivity contribution in [2.45, 2.75) is 32.3 Å². The first kappa shape index (κ1) is 12.4. The lowest BCUT2D eigenvalue weighted by Crippen LogP contribution is -2.36. The van der Waals surface area contributed by atoms with Crippen LogP contribution in [0.4, 0.5) is 4.79 Å². The standard InChI is InChI=1S/C12H19N5O2/c1-12(2,3)19-11(18)17-5-7-8(6-17)9(7)10-13-15-16(4)14-10/h7-9H,5-6H2,1-4H3/t7-,8?,9+/m0/s1. The fraction of sp³-hybridized carbons (Fsp3) is 0.833. The quantitative estimate of drug-likeness (QED) is 0.750. The van der Waals surface area contributed by atoms with Crippen LogP contribution in [0.1, 0.15) is 32.5 Å². The number of tetrazole rings is 1. The van der Waals surface area contributed by atoms with Crippen molar-refractivity contribution in [2.75, 3.05) is 13.1 Å². The topological polar surface area (TPSA) is 73.1 Å². The van der Waals surface area contributed by atoms with Crippen molar-refractivity contribution >= 4 is 6.09 Å². The fourth-order valence-corrected chi connectivity index (χ4v) is 2.82. The maximum Gasteiger partial charge on any atom is 0.410 e. The van der Waals surface area contributed by atoms with Crippen molar-refractivity contribution in [3.63, 3.8) is 0 Å². The van der Waals surface area contributed by atoms with Crippen molar-refractivity contribution in [3.8, 4) is 0 Å². The third kappa shape index (κ3) is 2.29. The minimum Gasteiger partial charge on any atom is -0.444 e. The van der Waals surface area contributed by atoms with Crippen LogP contribution in [0.25, 0.3) is 0 Å². The highest BCUT2D eigenvalue weighted by Crippen LogP contribution is 2.57. The van der Waals surface area contributed by atoms with Crippen LogP contribution in [-0.4, -0.2) is 49.9 Å². The molecule has 3 atom stereocenters. The highest BCUT2D eigenvalue weighted by atomic mass is 16.6. The molecule has 1 amide bonds. The third-order valence-corrected chi connectivity index (χ3v) is 3.67. The zero-order chi connectivity index (χ0) is 13.8. The molecule has 1 unspecified atom stereocenters. The summed E-state index contributed by atoms with van der Waals surface area (Å²) in [7, 11) is 1.77. The zero-order valence-electron chi connectivity index (χ0n) is 11.7. The third-order valence-electron chi connectivity index (χ3n) is 3.67. The van der Waals surface area contributed by atoms with Crippen molar-refractivity contribution in [3.05, 3.63) is 5.82 Å². The maximum atomic E-state index is 11.9. The molecular weight excluding hydrogens is 246 g/mol. The van der Waals surface area contributed by atoms with E-state index in [4.69, 9.17) is 4.74 Å². The Morgan fingerprint density at radius 3 is 2.42 bits per heavy atom. The van der Waals surface area contributed by atoms with E-state index in [1.807, 2.05) is 20.8 Å². The molecule has 2 aliphatic rings. The van der Waals surface area contributed by atoms with Crippen LogP contribution in [0, 0.1) is 11.8 Å². The van der Waals surface area contributed by atoms with Crippen LogP contribution in [0.2, 0.25) is 0 Å². The summed E-state index contributed by atoms with van der Waals surface area (Å²) in [6.07, 6.45) is -0.217. The van der Waals surface area contributed by atoms with Crippen molar-refractivity contribution in [1.82, 2.24) is 25.1 Å². The number of amides is 1. The number of piperidine rings is 1. The molecule has 1 saturated carbocycles. The van der Waals surface area contributed by atoms with E-state index in [2.05, 4.69) is 15.4 Å². The average Bonchev–Trinajstić information content (AvgIpc) is 2.67. The molecule has 0 aromatic carbocycles.